The molecular formula is C23H21ClN5OPS. The number of benzene rings is 2. The van der Waals surface area contributed by atoms with Crippen molar-refractivity contribution in [3.05, 3.63) is 87.2 Å². The highest BCUT2D eigenvalue weighted by atomic mass is 35.5. The third-order valence-corrected chi connectivity index (χ3v) is 9.44. The summed E-state index contributed by atoms with van der Waals surface area (Å²) in [6, 6.07) is 19.3. The third kappa shape index (κ3) is 3.37. The zero-order valence-corrected chi connectivity index (χ0v) is 20.2. The molecule has 1 N–H and O–H groups in total. The molecule has 0 fully saturated rings. The highest BCUT2D eigenvalue weighted by molar-refractivity contribution is 7.72. The number of hydrogen-bond donors (Lipinski definition) is 1. The van der Waals surface area contributed by atoms with Crippen molar-refractivity contribution in [3.63, 3.8) is 0 Å². The van der Waals surface area contributed by atoms with Crippen molar-refractivity contribution in [1.29, 1.82) is 0 Å². The Morgan fingerprint density at radius 2 is 1.84 bits per heavy atom. The van der Waals surface area contributed by atoms with E-state index in [-0.39, 0.29) is 0 Å². The highest BCUT2D eigenvalue weighted by Crippen LogP contribution is 2.54. The van der Waals surface area contributed by atoms with E-state index in [4.69, 9.17) is 21.7 Å². The van der Waals surface area contributed by atoms with E-state index in [9.17, 15) is 4.57 Å². The van der Waals surface area contributed by atoms with Gasteiger partial charge in [-0.25, -0.2) is 9.67 Å². The highest BCUT2D eigenvalue weighted by Gasteiger charge is 2.43. The number of aryl methyl sites for hydroxylation is 2. The smallest absolute Gasteiger partial charge is 0.296 e. The molecule has 2 aromatic carbocycles. The van der Waals surface area contributed by atoms with Crippen molar-refractivity contribution in [2.24, 2.45) is 4.99 Å². The second kappa shape index (κ2) is 7.93. The Bertz CT molecular complexity index is 1380. The van der Waals surface area contributed by atoms with E-state index in [1.54, 1.807) is 26.8 Å². The number of anilines is 1. The molecule has 32 heavy (non-hydrogen) atoms. The number of para-hydroxylation sites is 1. The number of aromatic nitrogens is 2. The van der Waals surface area contributed by atoms with Crippen LogP contribution in [-0.2, 0) is 4.57 Å². The van der Waals surface area contributed by atoms with Gasteiger partial charge in [0.25, 0.3) is 7.44 Å². The van der Waals surface area contributed by atoms with Gasteiger partial charge < -0.3 is 5.09 Å². The Kier molecular flexibility index (Phi) is 5.20. The van der Waals surface area contributed by atoms with Crippen LogP contribution in [0, 0.1) is 13.8 Å². The van der Waals surface area contributed by atoms with Gasteiger partial charge in [0.05, 0.1) is 16.3 Å². The SMILES string of the molecule is Cc1ccc(N[P@]2(=O)c3c(C)nn(-c4ccccc4)c3N=C(c3cccs3)N2C)cc1Cl. The number of hydrogen-bond acceptors (Lipinski definition) is 4. The molecule has 9 heteroatoms. The standard InChI is InChI=1S/C23H21ClN5OPS/c1-15-11-12-17(14-19(15)24)27-31(30)21-16(2)26-29(18-8-5-4-6-9-18)23(21)25-22(28(31)3)20-10-7-13-32-20/h4-14H,1-3H3,(H,27,30)/t31-/m1/s1. The average Bonchev–Trinajstić information content (AvgIpc) is 3.42. The normalized spacial score (nSPS) is 17.8. The Labute approximate surface area is 195 Å². The van der Waals surface area contributed by atoms with E-state index < -0.39 is 7.44 Å². The fourth-order valence-electron chi connectivity index (χ4n) is 3.76. The van der Waals surface area contributed by atoms with E-state index >= 15 is 0 Å². The predicted molar refractivity (Wildman–Crippen MR) is 134 cm³/mol. The lowest BCUT2D eigenvalue weighted by molar-refractivity contribution is 0.553. The van der Waals surface area contributed by atoms with Crippen LogP contribution in [0.2, 0.25) is 5.02 Å². The van der Waals surface area contributed by atoms with E-state index in [2.05, 4.69) is 5.09 Å². The third-order valence-electron chi connectivity index (χ3n) is 5.44. The molecule has 0 saturated heterocycles. The Morgan fingerprint density at radius 3 is 2.53 bits per heavy atom. The molecule has 4 aromatic rings. The molecule has 5 rings (SSSR count). The van der Waals surface area contributed by atoms with Gasteiger partial charge in [-0.2, -0.15) is 5.10 Å². The van der Waals surface area contributed by atoms with Crippen LogP contribution in [0.25, 0.3) is 5.69 Å². The van der Waals surface area contributed by atoms with Crippen LogP contribution in [0.4, 0.5) is 11.5 Å². The number of thiophene rings is 1. The van der Waals surface area contributed by atoms with Crippen molar-refractivity contribution in [1.82, 2.24) is 14.5 Å². The van der Waals surface area contributed by atoms with Gasteiger partial charge in [0.2, 0.25) is 0 Å². The Morgan fingerprint density at radius 1 is 1.06 bits per heavy atom. The lowest BCUT2D eigenvalue weighted by Gasteiger charge is -2.34. The van der Waals surface area contributed by atoms with Crippen LogP contribution in [0.3, 0.4) is 0 Å². The van der Waals surface area contributed by atoms with Gasteiger partial charge in [0.15, 0.2) is 11.7 Å². The van der Waals surface area contributed by atoms with Crippen molar-refractivity contribution >= 4 is 53.0 Å². The minimum absolute atomic E-state index is 0.573. The lowest BCUT2D eigenvalue weighted by atomic mass is 10.2. The first-order chi connectivity index (χ1) is 15.4. The van der Waals surface area contributed by atoms with Crippen LogP contribution in [-0.4, -0.2) is 27.3 Å². The molecule has 0 spiro atoms. The first-order valence-electron chi connectivity index (χ1n) is 10.1. The monoisotopic (exact) mass is 481 g/mol. The first-order valence-corrected chi connectivity index (χ1v) is 13.0. The van der Waals surface area contributed by atoms with Gasteiger partial charge in [-0.15, -0.1) is 11.3 Å². The quantitative estimate of drug-likeness (QED) is 0.355. The van der Waals surface area contributed by atoms with Gasteiger partial charge in [-0.05, 0) is 55.1 Å². The molecule has 1 atom stereocenters. The molecular weight excluding hydrogens is 461 g/mol. The van der Waals surface area contributed by atoms with Crippen LogP contribution in [0.15, 0.2) is 71.0 Å². The maximum atomic E-state index is 14.8. The van der Waals surface area contributed by atoms with Crippen LogP contribution >= 0.6 is 30.4 Å². The maximum Gasteiger partial charge on any atom is 0.296 e. The fraction of sp³-hybridized carbons (Fsp3) is 0.130. The number of aliphatic imine (C=N–C) groups is 1. The van der Waals surface area contributed by atoms with Gasteiger partial charge in [-0.3, -0.25) is 9.24 Å². The zero-order chi connectivity index (χ0) is 22.5. The van der Waals surface area contributed by atoms with Gasteiger partial charge in [0, 0.05) is 17.8 Å². The summed E-state index contributed by atoms with van der Waals surface area (Å²) in [4.78, 5) is 5.88. The number of halogens is 1. The summed E-state index contributed by atoms with van der Waals surface area (Å²) in [7, 11) is -1.56. The zero-order valence-electron chi connectivity index (χ0n) is 17.8. The molecule has 0 radical (unpaired) electrons. The molecule has 6 nitrogen and oxygen atoms in total. The molecule has 0 unspecified atom stereocenters. The fourth-order valence-corrected chi connectivity index (χ4v) is 7.12. The minimum atomic E-state index is -3.37. The summed E-state index contributed by atoms with van der Waals surface area (Å²) in [5.74, 6) is 1.21. The molecule has 0 amide bonds. The molecule has 162 valence electrons. The minimum Gasteiger partial charge on any atom is -0.317 e. The number of amidine groups is 1. The predicted octanol–water partition coefficient (Wildman–Crippen LogP) is 6.16. The van der Waals surface area contributed by atoms with Gasteiger partial charge in [0.1, 0.15) is 5.30 Å². The summed E-state index contributed by atoms with van der Waals surface area (Å²) >= 11 is 7.91. The van der Waals surface area contributed by atoms with Crippen LogP contribution in [0.5, 0.6) is 0 Å². The number of fused-ring (bicyclic) bond motifs is 1. The molecule has 0 saturated carbocycles. The van der Waals surface area contributed by atoms with E-state index in [0.29, 0.717) is 33.4 Å². The van der Waals surface area contributed by atoms with Crippen LogP contribution < -0.4 is 10.4 Å². The Hall–Kier alpha value is -2.86. The van der Waals surface area contributed by atoms with Gasteiger partial charge in [-0.1, -0.05) is 41.9 Å². The van der Waals surface area contributed by atoms with Crippen LogP contribution in [0.1, 0.15) is 16.1 Å². The topological polar surface area (TPSA) is 62.5 Å². The summed E-state index contributed by atoms with van der Waals surface area (Å²) in [5, 5.41) is 11.2. The van der Waals surface area contributed by atoms with E-state index in [1.807, 2.05) is 80.9 Å². The number of nitrogens with zero attached hydrogens (tertiary/aromatic N) is 4. The molecule has 1 aliphatic heterocycles. The summed E-state index contributed by atoms with van der Waals surface area (Å²) in [6.07, 6.45) is 0. The van der Waals surface area contributed by atoms with Crippen molar-refractivity contribution in [2.75, 3.05) is 12.1 Å². The summed E-state index contributed by atoms with van der Waals surface area (Å²) < 4.78 is 18.3. The molecule has 2 aromatic heterocycles. The lowest BCUT2D eigenvalue weighted by Crippen LogP contribution is -2.36. The first kappa shape index (κ1) is 21.0. The van der Waals surface area contributed by atoms with E-state index in [1.165, 1.54) is 0 Å². The number of rotatable bonds is 4. The molecule has 3 heterocycles. The average molecular weight is 482 g/mol. The molecule has 0 aliphatic carbocycles. The second-order valence-corrected chi connectivity index (χ2v) is 11.4. The van der Waals surface area contributed by atoms with Crippen molar-refractivity contribution in [2.45, 2.75) is 13.8 Å². The maximum absolute atomic E-state index is 14.8. The molecule has 0 bridgehead atoms. The van der Waals surface area contributed by atoms with Crippen molar-refractivity contribution in [3.8, 4) is 5.69 Å². The molecule has 1 aliphatic rings. The largest absolute Gasteiger partial charge is 0.317 e. The van der Waals surface area contributed by atoms with Crippen molar-refractivity contribution < 1.29 is 4.57 Å². The Balaban J connectivity index is 1.74. The summed E-state index contributed by atoms with van der Waals surface area (Å²) in [5.41, 5.74) is 3.17. The summed E-state index contributed by atoms with van der Waals surface area (Å²) in [6.45, 7) is 3.81. The second-order valence-electron chi connectivity index (χ2n) is 7.59. The number of nitrogens with one attached hydrogen (secondary N) is 1. The van der Waals surface area contributed by atoms with E-state index in [0.717, 1.165) is 16.1 Å². The van der Waals surface area contributed by atoms with Gasteiger partial charge >= 0.3 is 0 Å².